The van der Waals surface area contributed by atoms with Crippen LogP contribution < -0.4 is 4.74 Å². The number of ether oxygens (including phenoxy) is 3. The van der Waals surface area contributed by atoms with Gasteiger partial charge < -0.3 is 14.2 Å². The van der Waals surface area contributed by atoms with Crippen LogP contribution in [0.2, 0.25) is 0 Å². The number of methoxy groups -OCH3 is 2. The van der Waals surface area contributed by atoms with Gasteiger partial charge in [-0.15, -0.1) is 0 Å². The van der Waals surface area contributed by atoms with Crippen LogP contribution >= 0.6 is 0 Å². The van der Waals surface area contributed by atoms with Crippen LogP contribution in [0.5, 0.6) is 5.75 Å². The highest BCUT2D eigenvalue weighted by Crippen LogP contribution is 2.30. The van der Waals surface area contributed by atoms with Gasteiger partial charge in [0.1, 0.15) is 12.4 Å². The van der Waals surface area contributed by atoms with Crippen molar-refractivity contribution in [2.75, 3.05) is 20.8 Å². The van der Waals surface area contributed by atoms with Gasteiger partial charge in [0.25, 0.3) is 0 Å². The third-order valence-electron chi connectivity index (χ3n) is 4.20. The zero-order chi connectivity index (χ0) is 17.8. The molecule has 0 spiro atoms. The summed E-state index contributed by atoms with van der Waals surface area (Å²) in [5.74, 6) is 0.378. The van der Waals surface area contributed by atoms with Gasteiger partial charge in [0.05, 0.1) is 25.8 Å². The maximum absolute atomic E-state index is 12.1. The van der Waals surface area contributed by atoms with Crippen LogP contribution in [0.3, 0.4) is 0 Å². The quantitative estimate of drug-likeness (QED) is 0.782. The summed E-state index contributed by atoms with van der Waals surface area (Å²) in [5.41, 5.74) is 2.36. The Hall–Kier alpha value is -3.02. The van der Waals surface area contributed by atoms with E-state index >= 15 is 0 Å². The molecule has 130 valence electrons. The minimum Gasteiger partial charge on any atom is -0.497 e. The average molecular weight is 341 g/mol. The molecular formula is C19H19NO5. The lowest BCUT2D eigenvalue weighted by Gasteiger charge is -2.22. The predicted octanol–water partition coefficient (Wildman–Crippen LogP) is 3.18. The van der Waals surface area contributed by atoms with Gasteiger partial charge in [0, 0.05) is 6.54 Å². The van der Waals surface area contributed by atoms with Crippen LogP contribution in [0.4, 0.5) is 4.79 Å². The van der Waals surface area contributed by atoms with Crippen LogP contribution in [0, 0.1) is 0 Å². The molecule has 1 aliphatic rings. The summed E-state index contributed by atoms with van der Waals surface area (Å²) in [6.45, 7) is 0.721. The van der Waals surface area contributed by atoms with E-state index in [1.165, 1.54) is 7.11 Å². The zero-order valence-corrected chi connectivity index (χ0v) is 14.1. The highest BCUT2D eigenvalue weighted by Gasteiger charge is 2.34. The van der Waals surface area contributed by atoms with Crippen molar-refractivity contribution < 1.29 is 23.8 Å². The minimum atomic E-state index is -0.389. The lowest BCUT2D eigenvalue weighted by atomic mass is 10.0. The molecule has 6 heteroatoms. The van der Waals surface area contributed by atoms with Crippen molar-refractivity contribution in [2.24, 2.45) is 0 Å². The second kappa shape index (κ2) is 7.25. The van der Waals surface area contributed by atoms with Crippen LogP contribution in [0.1, 0.15) is 27.5 Å². The summed E-state index contributed by atoms with van der Waals surface area (Å²) in [6, 6.07) is 14.4. The van der Waals surface area contributed by atoms with Gasteiger partial charge in [0.15, 0.2) is 0 Å². The lowest BCUT2D eigenvalue weighted by Crippen LogP contribution is -2.27. The Labute approximate surface area is 145 Å². The van der Waals surface area contributed by atoms with Crippen molar-refractivity contribution in [2.45, 2.75) is 12.6 Å². The number of carbonyl (C=O) groups is 2. The second-order valence-corrected chi connectivity index (χ2v) is 5.68. The number of benzene rings is 2. The topological polar surface area (TPSA) is 65.1 Å². The van der Waals surface area contributed by atoms with Gasteiger partial charge in [-0.25, -0.2) is 9.59 Å². The highest BCUT2D eigenvalue weighted by atomic mass is 16.6. The van der Waals surface area contributed by atoms with E-state index < -0.39 is 0 Å². The Bertz CT molecular complexity index is 754. The first-order valence-corrected chi connectivity index (χ1v) is 7.87. The smallest absolute Gasteiger partial charge is 0.410 e. The third kappa shape index (κ3) is 3.57. The molecule has 25 heavy (non-hydrogen) atoms. The first-order valence-electron chi connectivity index (χ1n) is 7.87. The van der Waals surface area contributed by atoms with Gasteiger partial charge >= 0.3 is 12.1 Å². The van der Waals surface area contributed by atoms with Gasteiger partial charge in [-0.2, -0.15) is 0 Å². The van der Waals surface area contributed by atoms with Gasteiger partial charge in [-0.1, -0.05) is 24.3 Å². The van der Waals surface area contributed by atoms with Crippen molar-refractivity contribution in [3.8, 4) is 5.75 Å². The van der Waals surface area contributed by atoms with Crippen LogP contribution in [0.25, 0.3) is 0 Å². The maximum Gasteiger partial charge on any atom is 0.410 e. The van der Waals surface area contributed by atoms with E-state index in [2.05, 4.69) is 0 Å². The molecule has 1 aliphatic heterocycles. The maximum atomic E-state index is 12.1. The monoisotopic (exact) mass is 341 g/mol. The molecular weight excluding hydrogens is 322 g/mol. The Morgan fingerprint density at radius 1 is 1.12 bits per heavy atom. The van der Waals surface area contributed by atoms with Crippen LogP contribution in [-0.4, -0.2) is 37.8 Å². The first kappa shape index (κ1) is 16.8. The largest absolute Gasteiger partial charge is 0.497 e. The normalized spacial score (nSPS) is 16.5. The van der Waals surface area contributed by atoms with Crippen LogP contribution in [0.15, 0.2) is 48.5 Å². The Balaban J connectivity index is 1.77. The molecule has 0 bridgehead atoms. The number of nitrogens with zero attached hydrogens (tertiary/aromatic N) is 1. The number of esters is 1. The molecule has 1 atom stereocenters. The fourth-order valence-electron chi connectivity index (χ4n) is 2.79. The summed E-state index contributed by atoms with van der Waals surface area (Å²) < 4.78 is 15.1. The molecule has 6 nitrogen and oxygen atoms in total. The fourth-order valence-corrected chi connectivity index (χ4v) is 2.79. The molecule has 0 unspecified atom stereocenters. The van der Waals surface area contributed by atoms with Crippen molar-refractivity contribution in [1.82, 2.24) is 4.90 Å². The highest BCUT2D eigenvalue weighted by molar-refractivity contribution is 5.89. The number of carbonyl (C=O) groups excluding carboxylic acids is 2. The molecule has 0 radical (unpaired) electrons. The summed E-state index contributed by atoms with van der Waals surface area (Å²) >= 11 is 0. The summed E-state index contributed by atoms with van der Waals surface area (Å²) in [4.78, 5) is 25.3. The van der Waals surface area contributed by atoms with E-state index in [4.69, 9.17) is 14.2 Å². The van der Waals surface area contributed by atoms with Crippen molar-refractivity contribution in [1.29, 1.82) is 0 Å². The van der Waals surface area contributed by atoms with Crippen molar-refractivity contribution in [3.05, 3.63) is 65.2 Å². The van der Waals surface area contributed by atoms with E-state index in [0.717, 1.165) is 16.9 Å². The van der Waals surface area contributed by atoms with Crippen molar-refractivity contribution >= 4 is 12.1 Å². The lowest BCUT2D eigenvalue weighted by molar-refractivity contribution is 0.0600. The molecule has 1 fully saturated rings. The molecule has 0 aliphatic carbocycles. The van der Waals surface area contributed by atoms with Gasteiger partial charge in [-0.05, 0) is 35.4 Å². The molecule has 0 saturated carbocycles. The molecule has 2 aromatic rings. The van der Waals surface area contributed by atoms with E-state index in [0.29, 0.717) is 12.1 Å². The zero-order valence-electron chi connectivity index (χ0n) is 14.1. The van der Waals surface area contributed by atoms with E-state index in [-0.39, 0.29) is 24.7 Å². The first-order chi connectivity index (χ1) is 12.1. The predicted molar refractivity (Wildman–Crippen MR) is 90.4 cm³/mol. The molecule has 3 rings (SSSR count). The Kier molecular flexibility index (Phi) is 4.88. The second-order valence-electron chi connectivity index (χ2n) is 5.68. The third-order valence-corrected chi connectivity index (χ3v) is 4.20. The Morgan fingerprint density at radius 2 is 1.80 bits per heavy atom. The van der Waals surface area contributed by atoms with E-state index in [1.807, 2.05) is 36.4 Å². The molecule has 0 N–H and O–H groups in total. The number of hydrogen-bond donors (Lipinski definition) is 0. The van der Waals surface area contributed by atoms with E-state index in [9.17, 15) is 9.59 Å². The number of rotatable bonds is 5. The van der Waals surface area contributed by atoms with Crippen LogP contribution in [-0.2, 0) is 16.0 Å². The SMILES string of the molecule is COC(=O)c1ccc([C@@H]2COC(=O)N2Cc2ccc(OC)cc2)cc1. The average Bonchev–Trinajstić information content (AvgIpc) is 3.02. The molecule has 2 aromatic carbocycles. The summed E-state index contributed by atoms with van der Waals surface area (Å²) in [5, 5.41) is 0. The van der Waals surface area contributed by atoms with Gasteiger partial charge in [0.2, 0.25) is 0 Å². The standard InChI is InChI=1S/C19H19NO5/c1-23-16-9-3-13(4-10-16)11-20-17(12-25-19(20)22)14-5-7-15(8-6-14)18(21)24-2/h3-10,17H,11-12H2,1-2H3/t17-/m0/s1. The molecule has 1 saturated heterocycles. The number of amides is 1. The minimum absolute atomic E-state index is 0.193. The van der Waals surface area contributed by atoms with Gasteiger partial charge in [-0.3, -0.25) is 4.90 Å². The Morgan fingerprint density at radius 3 is 2.40 bits per heavy atom. The molecule has 1 amide bonds. The summed E-state index contributed by atoms with van der Waals surface area (Å²) in [7, 11) is 2.96. The molecule has 0 aromatic heterocycles. The van der Waals surface area contributed by atoms with Crippen molar-refractivity contribution in [3.63, 3.8) is 0 Å². The number of hydrogen-bond acceptors (Lipinski definition) is 5. The summed E-state index contributed by atoms with van der Waals surface area (Å²) in [6.07, 6.45) is -0.349. The number of cyclic esters (lactones) is 1. The fraction of sp³-hybridized carbons (Fsp3) is 0.263. The molecule has 1 heterocycles. The van der Waals surface area contributed by atoms with E-state index in [1.54, 1.807) is 24.1 Å².